The summed E-state index contributed by atoms with van der Waals surface area (Å²) >= 11 is 3.40. The number of nitrogens with one attached hydrogen (secondary N) is 1. The second-order valence-electron chi connectivity index (χ2n) is 5.24. The van der Waals surface area contributed by atoms with Crippen molar-refractivity contribution in [3.8, 4) is 5.75 Å². The van der Waals surface area contributed by atoms with Gasteiger partial charge in [0.1, 0.15) is 12.4 Å². The maximum absolute atomic E-state index is 12.4. The molecule has 1 amide bonds. The minimum atomic E-state index is -0.390. The molecule has 0 aromatic heterocycles. The molecule has 2 rings (SSSR count). The Bertz CT molecular complexity index is 761. The Morgan fingerprint density at radius 3 is 2.35 bits per heavy atom. The van der Waals surface area contributed by atoms with Crippen LogP contribution in [-0.2, 0) is 9.47 Å². The molecule has 0 atom stereocenters. The summed E-state index contributed by atoms with van der Waals surface area (Å²) in [6, 6.07) is 11.6. The van der Waals surface area contributed by atoms with E-state index in [0.717, 1.165) is 0 Å². The number of methoxy groups -OCH3 is 1. The van der Waals surface area contributed by atoms with Gasteiger partial charge in [-0.05, 0) is 65.3 Å². The van der Waals surface area contributed by atoms with Gasteiger partial charge < -0.3 is 19.5 Å². The Morgan fingerprint density at radius 2 is 1.73 bits per heavy atom. The monoisotopic (exact) mass is 421 g/mol. The Hall–Kier alpha value is -2.38. The molecule has 1 N–H and O–H groups in total. The van der Waals surface area contributed by atoms with E-state index in [2.05, 4.69) is 21.2 Å². The maximum atomic E-state index is 12.4. The molecular weight excluding hydrogens is 402 g/mol. The lowest BCUT2D eigenvalue weighted by molar-refractivity contribution is 0.0526. The third-order valence-electron chi connectivity index (χ3n) is 3.39. The highest BCUT2D eigenvalue weighted by atomic mass is 79.9. The summed E-state index contributed by atoms with van der Waals surface area (Å²) < 4.78 is 16.1. The van der Waals surface area contributed by atoms with Crippen molar-refractivity contribution in [2.75, 3.05) is 32.2 Å². The van der Waals surface area contributed by atoms with Crippen molar-refractivity contribution in [3.05, 3.63) is 58.1 Å². The standard InChI is InChI=1S/C19H20BrNO5/c1-3-25-19(23)13-4-7-15(8-5-13)21-18(22)14-6-9-17(16(20)12-14)26-11-10-24-2/h4-9,12H,3,10-11H2,1-2H3,(H,21,22). The van der Waals surface area contributed by atoms with Gasteiger partial charge >= 0.3 is 5.97 Å². The molecule has 0 aliphatic carbocycles. The number of hydrogen-bond donors (Lipinski definition) is 1. The summed E-state index contributed by atoms with van der Waals surface area (Å²) in [4.78, 5) is 24.0. The molecule has 0 bridgehead atoms. The summed E-state index contributed by atoms with van der Waals surface area (Å²) in [6.07, 6.45) is 0. The number of amides is 1. The van der Waals surface area contributed by atoms with Gasteiger partial charge in [-0.15, -0.1) is 0 Å². The van der Waals surface area contributed by atoms with Crippen molar-refractivity contribution in [1.82, 2.24) is 0 Å². The summed E-state index contributed by atoms with van der Waals surface area (Å²) in [5, 5.41) is 2.78. The average molecular weight is 422 g/mol. The van der Waals surface area contributed by atoms with Gasteiger partial charge in [0.15, 0.2) is 0 Å². The molecule has 0 saturated carbocycles. The molecule has 6 nitrogen and oxygen atoms in total. The summed E-state index contributed by atoms with van der Waals surface area (Å²) in [6.45, 7) is 2.97. The molecule has 2 aromatic rings. The van der Waals surface area contributed by atoms with Crippen molar-refractivity contribution in [3.63, 3.8) is 0 Å². The van der Waals surface area contributed by atoms with Crippen molar-refractivity contribution < 1.29 is 23.8 Å². The van der Waals surface area contributed by atoms with Gasteiger partial charge in [-0.3, -0.25) is 4.79 Å². The van der Waals surface area contributed by atoms with Crippen molar-refractivity contribution in [2.45, 2.75) is 6.92 Å². The van der Waals surface area contributed by atoms with Crippen molar-refractivity contribution in [1.29, 1.82) is 0 Å². The van der Waals surface area contributed by atoms with Gasteiger partial charge in [-0.25, -0.2) is 4.79 Å². The molecule has 0 aliphatic rings. The third kappa shape index (κ3) is 5.57. The second kappa shape index (κ2) is 9.94. The smallest absolute Gasteiger partial charge is 0.338 e. The molecule has 0 spiro atoms. The van der Waals surface area contributed by atoms with Crippen LogP contribution < -0.4 is 10.1 Å². The fraction of sp³-hybridized carbons (Fsp3) is 0.263. The van der Waals surface area contributed by atoms with Gasteiger partial charge in [0.2, 0.25) is 0 Å². The first-order valence-electron chi connectivity index (χ1n) is 8.05. The van der Waals surface area contributed by atoms with Crippen LogP contribution in [0.5, 0.6) is 5.75 Å². The largest absolute Gasteiger partial charge is 0.490 e. The van der Waals surface area contributed by atoms with E-state index in [1.807, 2.05) is 0 Å². The number of hydrogen-bond acceptors (Lipinski definition) is 5. The molecule has 0 radical (unpaired) electrons. The van der Waals surface area contributed by atoms with Gasteiger partial charge in [-0.2, -0.15) is 0 Å². The van der Waals surface area contributed by atoms with Gasteiger partial charge in [0, 0.05) is 18.4 Å². The molecule has 2 aromatic carbocycles. The van der Waals surface area contributed by atoms with Gasteiger partial charge in [0.25, 0.3) is 5.91 Å². The zero-order chi connectivity index (χ0) is 18.9. The Kier molecular flexibility index (Phi) is 7.62. The lowest BCUT2D eigenvalue weighted by Crippen LogP contribution is -2.12. The zero-order valence-electron chi connectivity index (χ0n) is 14.6. The number of ether oxygens (including phenoxy) is 3. The normalized spacial score (nSPS) is 10.3. The van der Waals surface area contributed by atoms with Crippen LogP contribution >= 0.6 is 15.9 Å². The number of carbonyl (C=O) groups excluding carboxylic acids is 2. The van der Waals surface area contributed by atoms with Gasteiger partial charge in [-0.1, -0.05) is 0 Å². The summed E-state index contributed by atoms with van der Waals surface area (Å²) in [5.41, 5.74) is 1.50. The molecule has 0 fully saturated rings. The molecule has 0 heterocycles. The summed E-state index contributed by atoms with van der Waals surface area (Å²) in [7, 11) is 1.60. The number of rotatable bonds is 8. The van der Waals surface area contributed by atoms with E-state index in [1.54, 1.807) is 56.5 Å². The van der Waals surface area contributed by atoms with Crippen molar-refractivity contribution in [2.24, 2.45) is 0 Å². The van der Waals surface area contributed by atoms with E-state index in [4.69, 9.17) is 14.2 Å². The highest BCUT2D eigenvalue weighted by Gasteiger charge is 2.11. The van der Waals surface area contributed by atoms with E-state index in [-0.39, 0.29) is 5.91 Å². The molecule has 0 saturated heterocycles. The number of carbonyl (C=O) groups is 2. The van der Waals surface area contributed by atoms with E-state index >= 15 is 0 Å². The number of halogens is 1. The highest BCUT2D eigenvalue weighted by Crippen LogP contribution is 2.26. The number of esters is 1. The van der Waals surface area contributed by atoms with Gasteiger partial charge in [0.05, 0.1) is 23.2 Å². The first kappa shape index (κ1) is 19.9. The van der Waals surface area contributed by atoms with Crippen LogP contribution in [0.4, 0.5) is 5.69 Å². The minimum Gasteiger partial charge on any atom is -0.490 e. The van der Waals surface area contributed by atoms with E-state index in [0.29, 0.717) is 46.9 Å². The fourth-order valence-corrected chi connectivity index (χ4v) is 2.59. The molecule has 138 valence electrons. The van der Waals surface area contributed by atoms with Crippen LogP contribution in [0.25, 0.3) is 0 Å². The quantitative estimate of drug-likeness (QED) is 0.516. The first-order chi connectivity index (χ1) is 12.5. The topological polar surface area (TPSA) is 73.9 Å². The van der Waals surface area contributed by atoms with Crippen LogP contribution in [0.2, 0.25) is 0 Å². The second-order valence-corrected chi connectivity index (χ2v) is 6.09. The first-order valence-corrected chi connectivity index (χ1v) is 8.84. The minimum absolute atomic E-state index is 0.266. The SMILES string of the molecule is CCOC(=O)c1ccc(NC(=O)c2ccc(OCCOC)c(Br)c2)cc1. The van der Waals surface area contributed by atoms with Crippen LogP contribution in [0.3, 0.4) is 0 Å². The fourth-order valence-electron chi connectivity index (χ4n) is 2.10. The van der Waals surface area contributed by atoms with Crippen LogP contribution in [-0.4, -0.2) is 38.8 Å². The molecule has 26 heavy (non-hydrogen) atoms. The van der Waals surface area contributed by atoms with Crippen LogP contribution in [0, 0.1) is 0 Å². The molecule has 7 heteroatoms. The predicted molar refractivity (Wildman–Crippen MR) is 102 cm³/mol. The Balaban J connectivity index is 2.01. The average Bonchev–Trinajstić information content (AvgIpc) is 2.64. The van der Waals surface area contributed by atoms with Crippen molar-refractivity contribution >= 4 is 33.5 Å². The lowest BCUT2D eigenvalue weighted by Gasteiger charge is -2.10. The van der Waals surface area contributed by atoms with E-state index in [1.165, 1.54) is 0 Å². The summed E-state index contributed by atoms with van der Waals surface area (Å²) in [5.74, 6) is -0.0196. The maximum Gasteiger partial charge on any atom is 0.338 e. The molecule has 0 aliphatic heterocycles. The third-order valence-corrected chi connectivity index (χ3v) is 4.01. The zero-order valence-corrected chi connectivity index (χ0v) is 16.2. The molecule has 0 unspecified atom stereocenters. The number of anilines is 1. The lowest BCUT2D eigenvalue weighted by atomic mass is 10.1. The predicted octanol–water partition coefficient (Wildman–Crippen LogP) is 3.90. The Labute approximate surface area is 160 Å². The Morgan fingerprint density at radius 1 is 1.04 bits per heavy atom. The highest BCUT2D eigenvalue weighted by molar-refractivity contribution is 9.10. The van der Waals surface area contributed by atoms with E-state index in [9.17, 15) is 9.59 Å². The van der Waals surface area contributed by atoms with Crippen LogP contribution in [0.15, 0.2) is 46.9 Å². The van der Waals surface area contributed by atoms with Crippen LogP contribution in [0.1, 0.15) is 27.6 Å². The van der Waals surface area contributed by atoms with E-state index < -0.39 is 5.97 Å². The number of benzene rings is 2. The molecular formula is C19H20BrNO5.